The van der Waals surface area contributed by atoms with Gasteiger partial charge in [-0.1, -0.05) is 0 Å². The highest BCUT2D eigenvalue weighted by atomic mass is 19.4. The van der Waals surface area contributed by atoms with E-state index in [1.54, 1.807) is 14.2 Å². The SMILES string of the molecule is CCOc1cc(NC(=NC)NCCC2CCN(CC(F)(F)F)CC2)ccc1OC. The molecule has 1 aromatic rings. The summed E-state index contributed by atoms with van der Waals surface area (Å²) in [6.45, 7) is 3.35. The Morgan fingerprint density at radius 1 is 1.24 bits per heavy atom. The summed E-state index contributed by atoms with van der Waals surface area (Å²) >= 11 is 0. The van der Waals surface area contributed by atoms with E-state index in [4.69, 9.17) is 9.47 Å². The van der Waals surface area contributed by atoms with Gasteiger partial charge in [0.05, 0.1) is 20.3 Å². The van der Waals surface area contributed by atoms with Crippen molar-refractivity contribution in [3.8, 4) is 11.5 Å². The number of anilines is 1. The van der Waals surface area contributed by atoms with Crippen LogP contribution in [0.3, 0.4) is 0 Å². The van der Waals surface area contributed by atoms with E-state index in [0.717, 1.165) is 24.9 Å². The molecule has 1 saturated heterocycles. The Morgan fingerprint density at radius 3 is 2.55 bits per heavy atom. The molecule has 0 radical (unpaired) electrons. The zero-order chi connectivity index (χ0) is 21.3. The molecular weight excluding hydrogens is 385 g/mol. The van der Waals surface area contributed by atoms with Crippen LogP contribution in [0.2, 0.25) is 0 Å². The number of nitrogens with one attached hydrogen (secondary N) is 2. The first-order chi connectivity index (χ1) is 13.8. The van der Waals surface area contributed by atoms with Crippen LogP contribution >= 0.6 is 0 Å². The van der Waals surface area contributed by atoms with E-state index >= 15 is 0 Å². The minimum Gasteiger partial charge on any atom is -0.493 e. The van der Waals surface area contributed by atoms with Crippen LogP contribution in [0.25, 0.3) is 0 Å². The van der Waals surface area contributed by atoms with Crippen molar-refractivity contribution in [2.45, 2.75) is 32.4 Å². The van der Waals surface area contributed by atoms with E-state index in [1.807, 2.05) is 25.1 Å². The molecule has 6 nitrogen and oxygen atoms in total. The van der Waals surface area contributed by atoms with Gasteiger partial charge in [0.1, 0.15) is 0 Å². The highest BCUT2D eigenvalue weighted by molar-refractivity contribution is 5.93. The molecule has 29 heavy (non-hydrogen) atoms. The second-order valence-corrected chi connectivity index (χ2v) is 7.05. The number of likely N-dealkylation sites (tertiary alicyclic amines) is 1. The lowest BCUT2D eigenvalue weighted by atomic mass is 9.93. The van der Waals surface area contributed by atoms with Crippen LogP contribution in [0, 0.1) is 5.92 Å². The fourth-order valence-corrected chi connectivity index (χ4v) is 3.42. The maximum absolute atomic E-state index is 12.5. The van der Waals surface area contributed by atoms with Crippen LogP contribution in [-0.2, 0) is 0 Å². The third kappa shape index (κ3) is 8.00. The van der Waals surface area contributed by atoms with E-state index in [0.29, 0.717) is 49.6 Å². The summed E-state index contributed by atoms with van der Waals surface area (Å²) in [6.07, 6.45) is -1.64. The molecule has 0 atom stereocenters. The number of benzene rings is 1. The van der Waals surface area contributed by atoms with Gasteiger partial charge in [-0.15, -0.1) is 0 Å². The van der Waals surface area contributed by atoms with Crippen LogP contribution in [-0.4, -0.2) is 64.0 Å². The Hall–Kier alpha value is -2.16. The van der Waals surface area contributed by atoms with Crippen molar-refractivity contribution in [3.63, 3.8) is 0 Å². The van der Waals surface area contributed by atoms with Crippen LogP contribution in [0.5, 0.6) is 11.5 Å². The third-order valence-corrected chi connectivity index (χ3v) is 4.90. The summed E-state index contributed by atoms with van der Waals surface area (Å²) in [6, 6.07) is 5.56. The maximum atomic E-state index is 12.5. The van der Waals surface area contributed by atoms with Gasteiger partial charge in [0.2, 0.25) is 0 Å². The molecular formula is C20H31F3N4O2. The van der Waals surface area contributed by atoms with Crippen molar-refractivity contribution in [3.05, 3.63) is 18.2 Å². The number of alkyl halides is 3. The summed E-state index contributed by atoms with van der Waals surface area (Å²) in [5.41, 5.74) is 0.822. The number of nitrogens with zero attached hydrogens (tertiary/aromatic N) is 2. The fraction of sp³-hybridized carbons (Fsp3) is 0.650. The predicted octanol–water partition coefficient (Wildman–Crippen LogP) is 3.75. The van der Waals surface area contributed by atoms with Gasteiger partial charge in [-0.05, 0) is 57.3 Å². The Morgan fingerprint density at radius 2 is 1.97 bits per heavy atom. The van der Waals surface area contributed by atoms with Gasteiger partial charge in [-0.25, -0.2) is 0 Å². The molecule has 1 aliphatic rings. The maximum Gasteiger partial charge on any atom is 0.401 e. The Bertz CT molecular complexity index is 660. The molecule has 0 aromatic heterocycles. The molecule has 0 unspecified atom stereocenters. The number of hydrogen-bond donors (Lipinski definition) is 2. The normalized spacial score (nSPS) is 16.6. The summed E-state index contributed by atoms with van der Waals surface area (Å²) in [4.78, 5) is 5.72. The fourth-order valence-electron chi connectivity index (χ4n) is 3.42. The second-order valence-electron chi connectivity index (χ2n) is 7.05. The Balaban J connectivity index is 1.77. The number of guanidine groups is 1. The summed E-state index contributed by atoms with van der Waals surface area (Å²) < 4.78 is 48.3. The Kier molecular flexibility index (Phi) is 8.88. The number of ether oxygens (including phenoxy) is 2. The predicted molar refractivity (Wildman–Crippen MR) is 109 cm³/mol. The Labute approximate surface area is 170 Å². The molecule has 1 fully saturated rings. The molecule has 164 valence electrons. The highest BCUT2D eigenvalue weighted by Gasteiger charge is 2.32. The van der Waals surface area contributed by atoms with Crippen molar-refractivity contribution >= 4 is 11.6 Å². The van der Waals surface area contributed by atoms with Crippen molar-refractivity contribution in [2.75, 3.05) is 52.3 Å². The minimum absolute atomic E-state index is 0.427. The number of rotatable bonds is 8. The smallest absolute Gasteiger partial charge is 0.401 e. The summed E-state index contributed by atoms with van der Waals surface area (Å²) in [5.74, 6) is 2.38. The summed E-state index contributed by atoms with van der Waals surface area (Å²) in [5, 5.41) is 6.49. The van der Waals surface area contributed by atoms with Gasteiger partial charge < -0.3 is 20.1 Å². The number of halogens is 3. The van der Waals surface area contributed by atoms with Gasteiger partial charge in [0.15, 0.2) is 17.5 Å². The van der Waals surface area contributed by atoms with Gasteiger partial charge >= 0.3 is 6.18 Å². The van der Waals surface area contributed by atoms with Crippen LogP contribution < -0.4 is 20.1 Å². The van der Waals surface area contributed by atoms with E-state index < -0.39 is 12.7 Å². The quantitative estimate of drug-likeness (QED) is 0.499. The van der Waals surface area contributed by atoms with Crippen molar-refractivity contribution in [2.24, 2.45) is 10.9 Å². The monoisotopic (exact) mass is 416 g/mol. The van der Waals surface area contributed by atoms with E-state index in [-0.39, 0.29) is 0 Å². The number of hydrogen-bond acceptors (Lipinski definition) is 4. The van der Waals surface area contributed by atoms with Crippen molar-refractivity contribution in [1.82, 2.24) is 10.2 Å². The lowest BCUT2D eigenvalue weighted by molar-refractivity contribution is -0.148. The highest BCUT2D eigenvalue weighted by Crippen LogP contribution is 2.30. The van der Waals surface area contributed by atoms with Gasteiger partial charge in [0.25, 0.3) is 0 Å². The first-order valence-corrected chi connectivity index (χ1v) is 9.92. The first kappa shape index (κ1) is 23.1. The minimum atomic E-state index is -4.12. The molecule has 1 aromatic carbocycles. The van der Waals surface area contributed by atoms with Gasteiger partial charge in [-0.2, -0.15) is 13.2 Å². The van der Waals surface area contributed by atoms with Crippen LogP contribution in [0.4, 0.5) is 18.9 Å². The molecule has 0 saturated carbocycles. The zero-order valence-corrected chi connectivity index (χ0v) is 17.3. The lowest BCUT2D eigenvalue weighted by Crippen LogP contribution is -2.40. The molecule has 9 heteroatoms. The van der Waals surface area contributed by atoms with Crippen LogP contribution in [0.1, 0.15) is 26.2 Å². The molecule has 1 heterocycles. The average molecular weight is 416 g/mol. The second kappa shape index (κ2) is 11.1. The molecule has 1 aliphatic heterocycles. The molecule has 0 amide bonds. The molecule has 0 bridgehead atoms. The lowest BCUT2D eigenvalue weighted by Gasteiger charge is -2.32. The van der Waals surface area contributed by atoms with E-state index in [1.165, 1.54) is 4.90 Å². The third-order valence-electron chi connectivity index (χ3n) is 4.90. The molecule has 0 spiro atoms. The zero-order valence-electron chi connectivity index (χ0n) is 17.3. The molecule has 2 rings (SSSR count). The number of piperidine rings is 1. The van der Waals surface area contributed by atoms with Crippen molar-refractivity contribution in [1.29, 1.82) is 0 Å². The van der Waals surface area contributed by atoms with Gasteiger partial charge in [0, 0.05) is 25.3 Å². The number of methoxy groups -OCH3 is 1. The molecule has 2 N–H and O–H groups in total. The number of aliphatic imine (C=N–C) groups is 1. The average Bonchev–Trinajstić information content (AvgIpc) is 2.68. The molecule has 0 aliphatic carbocycles. The van der Waals surface area contributed by atoms with E-state index in [9.17, 15) is 13.2 Å². The largest absolute Gasteiger partial charge is 0.493 e. The van der Waals surface area contributed by atoms with Crippen molar-refractivity contribution < 1.29 is 22.6 Å². The topological polar surface area (TPSA) is 58.1 Å². The van der Waals surface area contributed by atoms with E-state index in [2.05, 4.69) is 15.6 Å². The first-order valence-electron chi connectivity index (χ1n) is 9.92. The summed E-state index contributed by atoms with van der Waals surface area (Å²) in [7, 11) is 3.29. The standard InChI is InChI=1S/C20H31F3N4O2/c1-4-29-18-13-16(5-6-17(18)28-3)26-19(24-2)25-10-7-15-8-11-27(12-9-15)14-20(21,22)23/h5-6,13,15H,4,7-12,14H2,1-3H3,(H2,24,25,26). The van der Waals surface area contributed by atoms with Crippen LogP contribution in [0.15, 0.2) is 23.2 Å². The van der Waals surface area contributed by atoms with Gasteiger partial charge in [-0.3, -0.25) is 9.89 Å².